The summed E-state index contributed by atoms with van der Waals surface area (Å²) in [5.41, 5.74) is 1.00. The van der Waals surface area contributed by atoms with Crippen molar-refractivity contribution in [2.75, 3.05) is 21.3 Å². The first-order chi connectivity index (χ1) is 9.28. The third kappa shape index (κ3) is 3.09. The van der Waals surface area contributed by atoms with E-state index in [1.807, 2.05) is 24.3 Å². The molecular weight excluding hydrogens is 260 g/mol. The van der Waals surface area contributed by atoms with Crippen LogP contribution in [0.15, 0.2) is 29.6 Å². The maximum Gasteiger partial charge on any atom is 0.203 e. The lowest BCUT2D eigenvalue weighted by atomic mass is 10.1. The zero-order valence-corrected chi connectivity index (χ0v) is 12.0. The van der Waals surface area contributed by atoms with Gasteiger partial charge in [0, 0.05) is 4.88 Å². The molecule has 2 rings (SSSR count). The molecule has 1 heterocycles. The summed E-state index contributed by atoms with van der Waals surface area (Å²) in [7, 11) is 4.83. The summed E-state index contributed by atoms with van der Waals surface area (Å²) >= 11 is 1.70. The number of hydrogen-bond acceptors (Lipinski definition) is 4. The van der Waals surface area contributed by atoms with Crippen molar-refractivity contribution in [3.63, 3.8) is 0 Å². The standard InChI is InChI=1S/C15H16O3S/c1-16-13-9-11(6-7-12-5-4-8-19-12)10-14(17-2)15(13)18-3/h4-10H,1-3H3/b7-6+. The Balaban J connectivity index is 2.36. The molecule has 0 saturated heterocycles. The van der Waals surface area contributed by atoms with Crippen molar-refractivity contribution in [1.82, 2.24) is 0 Å². The van der Waals surface area contributed by atoms with Crippen LogP contribution in [-0.2, 0) is 0 Å². The number of methoxy groups -OCH3 is 3. The summed E-state index contributed by atoms with van der Waals surface area (Å²) in [5, 5.41) is 2.05. The Bertz CT molecular complexity index is 534. The highest BCUT2D eigenvalue weighted by atomic mass is 32.1. The van der Waals surface area contributed by atoms with Gasteiger partial charge in [-0.05, 0) is 35.2 Å². The highest BCUT2D eigenvalue weighted by Crippen LogP contribution is 2.38. The van der Waals surface area contributed by atoms with Gasteiger partial charge in [-0.2, -0.15) is 0 Å². The minimum absolute atomic E-state index is 0.610. The monoisotopic (exact) mass is 276 g/mol. The van der Waals surface area contributed by atoms with Crippen molar-refractivity contribution < 1.29 is 14.2 Å². The van der Waals surface area contributed by atoms with Crippen LogP contribution >= 0.6 is 11.3 Å². The van der Waals surface area contributed by atoms with Crippen molar-refractivity contribution in [2.24, 2.45) is 0 Å². The normalized spacial score (nSPS) is 10.7. The van der Waals surface area contributed by atoms with Crippen LogP contribution in [-0.4, -0.2) is 21.3 Å². The van der Waals surface area contributed by atoms with Crippen LogP contribution in [0.1, 0.15) is 10.4 Å². The summed E-state index contributed by atoms with van der Waals surface area (Å²) in [5.74, 6) is 1.93. The molecule has 1 aromatic heterocycles. The molecule has 0 unspecified atom stereocenters. The van der Waals surface area contributed by atoms with E-state index in [9.17, 15) is 0 Å². The van der Waals surface area contributed by atoms with Crippen LogP contribution in [0.25, 0.3) is 12.2 Å². The molecule has 4 heteroatoms. The largest absolute Gasteiger partial charge is 0.493 e. The highest BCUT2D eigenvalue weighted by molar-refractivity contribution is 7.10. The Hall–Kier alpha value is -1.94. The van der Waals surface area contributed by atoms with Crippen LogP contribution in [0.4, 0.5) is 0 Å². The van der Waals surface area contributed by atoms with Crippen LogP contribution in [0.5, 0.6) is 17.2 Å². The maximum absolute atomic E-state index is 5.32. The molecule has 0 amide bonds. The molecule has 1 aromatic carbocycles. The summed E-state index contributed by atoms with van der Waals surface area (Å²) in [6, 6.07) is 7.94. The number of hydrogen-bond donors (Lipinski definition) is 0. The quantitative estimate of drug-likeness (QED) is 0.827. The molecule has 0 aliphatic rings. The molecule has 0 fully saturated rings. The second kappa shape index (κ2) is 6.29. The highest BCUT2D eigenvalue weighted by Gasteiger charge is 2.11. The van der Waals surface area contributed by atoms with E-state index >= 15 is 0 Å². The molecule has 0 N–H and O–H groups in total. The second-order valence-corrected chi connectivity index (χ2v) is 4.79. The molecule has 100 valence electrons. The fourth-order valence-electron chi connectivity index (χ4n) is 1.76. The summed E-state index contributed by atoms with van der Waals surface area (Å²) in [6.07, 6.45) is 4.08. The van der Waals surface area contributed by atoms with E-state index in [1.54, 1.807) is 32.7 Å². The Morgan fingerprint density at radius 2 is 1.63 bits per heavy atom. The van der Waals surface area contributed by atoms with Crippen LogP contribution in [0.3, 0.4) is 0 Å². The number of thiophene rings is 1. The van der Waals surface area contributed by atoms with Gasteiger partial charge in [0.15, 0.2) is 11.5 Å². The molecule has 3 nitrogen and oxygen atoms in total. The molecule has 0 aliphatic carbocycles. The molecule has 0 radical (unpaired) electrons. The lowest BCUT2D eigenvalue weighted by Gasteiger charge is -2.12. The minimum Gasteiger partial charge on any atom is -0.493 e. The fourth-order valence-corrected chi connectivity index (χ4v) is 2.38. The number of ether oxygens (including phenoxy) is 3. The molecule has 19 heavy (non-hydrogen) atoms. The molecular formula is C15H16O3S. The van der Waals surface area contributed by atoms with Gasteiger partial charge in [0.05, 0.1) is 21.3 Å². The van der Waals surface area contributed by atoms with E-state index in [0.29, 0.717) is 17.2 Å². The lowest BCUT2D eigenvalue weighted by molar-refractivity contribution is 0.324. The van der Waals surface area contributed by atoms with Gasteiger partial charge in [0.2, 0.25) is 5.75 Å². The molecule has 0 atom stereocenters. The SMILES string of the molecule is COc1cc(/C=C/c2cccs2)cc(OC)c1OC. The van der Waals surface area contributed by atoms with Gasteiger partial charge in [-0.15, -0.1) is 11.3 Å². The second-order valence-electron chi connectivity index (χ2n) is 3.81. The zero-order chi connectivity index (χ0) is 13.7. The van der Waals surface area contributed by atoms with E-state index < -0.39 is 0 Å². The third-order valence-corrected chi connectivity index (χ3v) is 3.51. The minimum atomic E-state index is 0.610. The van der Waals surface area contributed by atoms with Gasteiger partial charge >= 0.3 is 0 Å². The van der Waals surface area contributed by atoms with Crippen molar-refractivity contribution in [3.05, 3.63) is 40.1 Å². The van der Waals surface area contributed by atoms with Gasteiger partial charge in [0.25, 0.3) is 0 Å². The lowest BCUT2D eigenvalue weighted by Crippen LogP contribution is -1.95. The van der Waals surface area contributed by atoms with E-state index in [1.165, 1.54) is 4.88 Å². The molecule has 0 bridgehead atoms. The van der Waals surface area contributed by atoms with Crippen molar-refractivity contribution >= 4 is 23.5 Å². The van der Waals surface area contributed by atoms with E-state index in [0.717, 1.165) is 5.56 Å². The van der Waals surface area contributed by atoms with Crippen molar-refractivity contribution in [2.45, 2.75) is 0 Å². The predicted octanol–water partition coefficient (Wildman–Crippen LogP) is 3.94. The average Bonchev–Trinajstić information content (AvgIpc) is 2.97. The van der Waals surface area contributed by atoms with Gasteiger partial charge in [-0.1, -0.05) is 12.1 Å². The maximum atomic E-state index is 5.32. The smallest absolute Gasteiger partial charge is 0.203 e. The Labute approximate surface area is 117 Å². The molecule has 0 aliphatic heterocycles. The molecule has 0 spiro atoms. The van der Waals surface area contributed by atoms with Gasteiger partial charge in [-0.25, -0.2) is 0 Å². The van der Waals surface area contributed by atoms with Crippen LogP contribution < -0.4 is 14.2 Å². The van der Waals surface area contributed by atoms with E-state index in [-0.39, 0.29) is 0 Å². The average molecular weight is 276 g/mol. The van der Waals surface area contributed by atoms with Gasteiger partial charge < -0.3 is 14.2 Å². The third-order valence-electron chi connectivity index (χ3n) is 2.67. The molecule has 0 saturated carbocycles. The first-order valence-corrected chi connectivity index (χ1v) is 6.68. The van der Waals surface area contributed by atoms with Crippen molar-refractivity contribution in [1.29, 1.82) is 0 Å². The van der Waals surface area contributed by atoms with Crippen molar-refractivity contribution in [3.8, 4) is 17.2 Å². The van der Waals surface area contributed by atoms with Gasteiger partial charge in [-0.3, -0.25) is 0 Å². The number of rotatable bonds is 5. The summed E-state index contributed by atoms with van der Waals surface area (Å²) < 4.78 is 15.9. The molecule has 2 aromatic rings. The van der Waals surface area contributed by atoms with Crippen LogP contribution in [0.2, 0.25) is 0 Å². The Kier molecular flexibility index (Phi) is 4.47. The Morgan fingerprint density at radius 1 is 0.947 bits per heavy atom. The summed E-state index contributed by atoms with van der Waals surface area (Å²) in [6.45, 7) is 0. The van der Waals surface area contributed by atoms with E-state index in [2.05, 4.69) is 17.5 Å². The number of benzene rings is 1. The van der Waals surface area contributed by atoms with Crippen LogP contribution in [0, 0.1) is 0 Å². The zero-order valence-electron chi connectivity index (χ0n) is 11.2. The van der Waals surface area contributed by atoms with E-state index in [4.69, 9.17) is 14.2 Å². The topological polar surface area (TPSA) is 27.7 Å². The summed E-state index contributed by atoms with van der Waals surface area (Å²) in [4.78, 5) is 1.20. The first kappa shape index (κ1) is 13.5. The fraction of sp³-hybridized carbons (Fsp3) is 0.200. The first-order valence-electron chi connectivity index (χ1n) is 5.80. The Morgan fingerprint density at radius 3 is 2.11 bits per heavy atom. The predicted molar refractivity (Wildman–Crippen MR) is 79.3 cm³/mol. The van der Waals surface area contributed by atoms with Gasteiger partial charge in [0.1, 0.15) is 0 Å².